The fraction of sp³-hybridized carbons (Fsp3) is 0. The molecule has 2 rings (SSSR count). The van der Waals surface area contributed by atoms with E-state index in [1.54, 1.807) is 24.3 Å². The van der Waals surface area contributed by atoms with Crippen LogP contribution in [-0.2, 0) is 0 Å². The third kappa shape index (κ3) is 1.78. The van der Waals surface area contributed by atoms with Crippen molar-refractivity contribution in [3.8, 4) is 5.69 Å². The molecule has 0 aliphatic carbocycles. The first-order chi connectivity index (χ1) is 7.31. The van der Waals surface area contributed by atoms with Gasteiger partial charge in [0.05, 0.1) is 5.56 Å². The highest BCUT2D eigenvalue weighted by Gasteiger charge is 2.13. The van der Waals surface area contributed by atoms with Gasteiger partial charge in [0.2, 0.25) is 5.69 Å². The van der Waals surface area contributed by atoms with Crippen LogP contribution in [-0.4, -0.2) is 11.5 Å². The Bertz CT molecular complexity index is 541. The first kappa shape index (κ1) is 9.20. The van der Waals surface area contributed by atoms with Crippen molar-refractivity contribution in [2.75, 3.05) is 0 Å². The van der Waals surface area contributed by atoms with E-state index in [1.165, 1.54) is 10.9 Å². The molecule has 6 nitrogen and oxygen atoms in total. The topological polar surface area (TPSA) is 85.3 Å². The summed E-state index contributed by atoms with van der Waals surface area (Å²) in [6.45, 7) is 0. The standard InChI is InChI=1S/C9H7N3O3/c13-9-6-12(11-15-9)8-4-2-1-3-7(8)5-10-14/h1-6H,(H-,11,13,14). The quantitative estimate of drug-likeness (QED) is 0.430. The summed E-state index contributed by atoms with van der Waals surface area (Å²) in [5, 5.41) is 15.2. The number of nitrogens with zero attached hydrogens (tertiary/aromatic N) is 2. The van der Waals surface area contributed by atoms with Crippen molar-refractivity contribution in [2.24, 2.45) is 5.16 Å². The van der Waals surface area contributed by atoms with Crippen molar-refractivity contribution in [2.45, 2.75) is 0 Å². The van der Waals surface area contributed by atoms with Crippen molar-refractivity contribution < 1.29 is 9.20 Å². The number of nitrogens with one attached hydrogen (secondary N) is 1. The van der Waals surface area contributed by atoms with Crippen LogP contribution in [0.2, 0.25) is 0 Å². The molecule has 0 radical (unpaired) electrons. The van der Waals surface area contributed by atoms with Crippen LogP contribution < -0.4 is 10.3 Å². The molecule has 6 heteroatoms. The molecule has 0 saturated heterocycles. The average molecular weight is 205 g/mol. The van der Waals surface area contributed by atoms with E-state index in [1.807, 2.05) is 0 Å². The van der Waals surface area contributed by atoms with Crippen molar-refractivity contribution >= 4 is 6.21 Å². The molecule has 0 atom stereocenters. The zero-order valence-corrected chi connectivity index (χ0v) is 7.58. The Morgan fingerprint density at radius 3 is 2.93 bits per heavy atom. The third-order valence-electron chi connectivity index (χ3n) is 1.87. The number of aromatic nitrogens is 2. The van der Waals surface area contributed by atoms with E-state index in [0.29, 0.717) is 11.3 Å². The van der Waals surface area contributed by atoms with Gasteiger partial charge in [-0.1, -0.05) is 12.1 Å². The Labute approximate surface area is 84.0 Å². The second-order valence-corrected chi connectivity index (χ2v) is 2.80. The fourth-order valence-electron chi connectivity index (χ4n) is 1.24. The summed E-state index contributed by atoms with van der Waals surface area (Å²) in [7, 11) is 0. The molecular formula is C9H7N3O3. The molecule has 76 valence electrons. The average Bonchev–Trinajstić information content (AvgIpc) is 2.66. The molecule has 15 heavy (non-hydrogen) atoms. The van der Waals surface area contributed by atoms with Gasteiger partial charge in [-0.05, 0) is 16.0 Å². The Hall–Kier alpha value is -2.37. The summed E-state index contributed by atoms with van der Waals surface area (Å²) in [5.74, 6) is 0. The Balaban J connectivity index is 2.56. The molecule has 0 aliphatic heterocycles. The van der Waals surface area contributed by atoms with E-state index < -0.39 is 5.63 Å². The molecule has 0 saturated carbocycles. The van der Waals surface area contributed by atoms with Crippen LogP contribution in [0.25, 0.3) is 5.69 Å². The van der Waals surface area contributed by atoms with Gasteiger partial charge in [0, 0.05) is 12.3 Å². The number of aromatic amines is 1. The van der Waals surface area contributed by atoms with Crippen LogP contribution in [0.1, 0.15) is 5.56 Å². The van der Waals surface area contributed by atoms with Crippen molar-refractivity contribution in [3.63, 3.8) is 0 Å². The molecule has 0 spiro atoms. The molecule has 1 N–H and O–H groups in total. The van der Waals surface area contributed by atoms with Gasteiger partial charge in [0.15, 0.2) is 0 Å². The maximum atomic E-state index is 10.8. The maximum absolute atomic E-state index is 10.8. The molecule has 0 aliphatic rings. The first-order valence-corrected chi connectivity index (χ1v) is 4.16. The van der Waals surface area contributed by atoms with E-state index in [0.717, 1.165) is 6.21 Å². The molecule has 1 aromatic heterocycles. The highest BCUT2D eigenvalue weighted by Crippen LogP contribution is 2.04. The summed E-state index contributed by atoms with van der Waals surface area (Å²) in [6, 6.07) is 6.96. The van der Waals surface area contributed by atoms with Gasteiger partial charge < -0.3 is 10.4 Å². The third-order valence-corrected chi connectivity index (χ3v) is 1.87. The van der Waals surface area contributed by atoms with Crippen LogP contribution in [0.4, 0.5) is 0 Å². The second-order valence-electron chi connectivity index (χ2n) is 2.80. The van der Waals surface area contributed by atoms with Crippen LogP contribution in [0.15, 0.2) is 44.9 Å². The minimum atomic E-state index is -0.496. The lowest BCUT2D eigenvalue weighted by molar-refractivity contribution is -0.670. The maximum Gasteiger partial charge on any atom is 0.427 e. The molecule has 1 aromatic carbocycles. The normalized spacial score (nSPS) is 10.9. The van der Waals surface area contributed by atoms with Crippen molar-refractivity contribution in [1.29, 1.82) is 0 Å². The molecule has 0 fully saturated rings. The fourth-order valence-corrected chi connectivity index (χ4v) is 1.24. The number of hydrogen-bond donors (Lipinski definition) is 1. The Kier molecular flexibility index (Phi) is 2.32. The van der Waals surface area contributed by atoms with E-state index in [-0.39, 0.29) is 0 Å². The SMILES string of the molecule is O=c1c[n+](-c2ccccc2/C=N/[O-])[nH]o1. The van der Waals surface area contributed by atoms with Gasteiger partial charge in [-0.15, -0.1) is 0 Å². The summed E-state index contributed by atoms with van der Waals surface area (Å²) >= 11 is 0. The minimum absolute atomic E-state index is 0.496. The van der Waals surface area contributed by atoms with Crippen LogP contribution in [0, 0.1) is 5.21 Å². The zero-order chi connectivity index (χ0) is 10.7. The molecule has 2 aromatic rings. The summed E-state index contributed by atoms with van der Waals surface area (Å²) < 4.78 is 5.89. The summed E-state index contributed by atoms with van der Waals surface area (Å²) in [4.78, 5) is 10.8. The smallest absolute Gasteiger partial charge is 0.427 e. The second kappa shape index (κ2) is 3.79. The number of H-pyrrole nitrogens is 1. The number of rotatable bonds is 2. The van der Waals surface area contributed by atoms with Gasteiger partial charge in [-0.2, -0.15) is 0 Å². The largest absolute Gasteiger partial charge is 0.792 e. The van der Waals surface area contributed by atoms with Gasteiger partial charge in [-0.3, -0.25) is 4.52 Å². The number of hydrogen-bond acceptors (Lipinski definition) is 4. The number of benzene rings is 1. The lowest BCUT2D eigenvalue weighted by Crippen LogP contribution is -2.33. The van der Waals surface area contributed by atoms with E-state index in [9.17, 15) is 10.0 Å². The molecule has 0 unspecified atom stereocenters. The van der Waals surface area contributed by atoms with E-state index in [2.05, 4.69) is 15.0 Å². The van der Waals surface area contributed by atoms with Crippen LogP contribution >= 0.6 is 0 Å². The molecule has 0 bridgehead atoms. The Morgan fingerprint density at radius 2 is 2.27 bits per heavy atom. The predicted octanol–water partition coefficient (Wildman–Crippen LogP) is 0.161. The lowest BCUT2D eigenvalue weighted by atomic mass is 10.2. The zero-order valence-electron chi connectivity index (χ0n) is 7.58. The predicted molar refractivity (Wildman–Crippen MR) is 51.8 cm³/mol. The van der Waals surface area contributed by atoms with Gasteiger partial charge in [0.1, 0.15) is 0 Å². The Morgan fingerprint density at radius 1 is 1.47 bits per heavy atom. The number of para-hydroxylation sites is 1. The molecule has 1 heterocycles. The lowest BCUT2D eigenvalue weighted by Gasteiger charge is -1.96. The van der Waals surface area contributed by atoms with Gasteiger partial charge in [-0.25, -0.2) is 4.79 Å². The molecule has 0 amide bonds. The summed E-state index contributed by atoms with van der Waals surface area (Å²) in [6.07, 6.45) is 2.39. The molecular weight excluding hydrogens is 198 g/mol. The highest BCUT2D eigenvalue weighted by molar-refractivity contribution is 5.83. The van der Waals surface area contributed by atoms with E-state index in [4.69, 9.17) is 0 Å². The van der Waals surface area contributed by atoms with Gasteiger partial charge >= 0.3 is 5.63 Å². The van der Waals surface area contributed by atoms with Crippen molar-refractivity contribution in [3.05, 3.63) is 51.7 Å². The van der Waals surface area contributed by atoms with E-state index >= 15 is 0 Å². The monoisotopic (exact) mass is 205 g/mol. The first-order valence-electron chi connectivity index (χ1n) is 4.16. The van der Waals surface area contributed by atoms with Gasteiger partial charge in [0.25, 0.3) is 6.20 Å². The summed E-state index contributed by atoms with van der Waals surface area (Å²) in [5.41, 5.74) is 0.710. The minimum Gasteiger partial charge on any atom is -0.792 e. The van der Waals surface area contributed by atoms with Crippen LogP contribution in [0.3, 0.4) is 0 Å². The van der Waals surface area contributed by atoms with Crippen LogP contribution in [0.5, 0.6) is 0 Å². The van der Waals surface area contributed by atoms with Crippen molar-refractivity contribution in [1.82, 2.24) is 5.27 Å². The highest BCUT2D eigenvalue weighted by atomic mass is 16.5.